The molecule has 0 aliphatic rings. The maximum absolute atomic E-state index is 12.1. The van der Waals surface area contributed by atoms with Gasteiger partial charge in [0.05, 0.1) is 0 Å². The first-order valence-corrected chi connectivity index (χ1v) is 6.23. The molecule has 0 bridgehead atoms. The quantitative estimate of drug-likeness (QED) is 0.656. The summed E-state index contributed by atoms with van der Waals surface area (Å²) in [5, 5.41) is 0.524. The van der Waals surface area contributed by atoms with E-state index in [0.717, 1.165) is 0 Å². The van der Waals surface area contributed by atoms with Gasteiger partial charge in [0, 0.05) is 0 Å². The molecule has 21 heavy (non-hydrogen) atoms. The SMILES string of the molecule is CC(C)(C)OC(=O)N(OC=O)[C@@H](C(N)=O)c1ccccc1. The number of primary amides is 1. The molecule has 0 aromatic heterocycles. The molecule has 2 N–H and O–H groups in total. The Bertz CT molecular complexity index is 510. The van der Waals surface area contributed by atoms with E-state index in [4.69, 9.17) is 10.5 Å². The van der Waals surface area contributed by atoms with Gasteiger partial charge < -0.3 is 15.3 Å². The van der Waals surface area contributed by atoms with Gasteiger partial charge in [-0.25, -0.2) is 4.79 Å². The highest BCUT2D eigenvalue weighted by atomic mass is 16.7. The molecule has 1 aromatic carbocycles. The number of carbonyl (C=O) groups is 3. The predicted molar refractivity (Wildman–Crippen MR) is 73.6 cm³/mol. The van der Waals surface area contributed by atoms with Crippen molar-refractivity contribution >= 4 is 18.5 Å². The van der Waals surface area contributed by atoms with Crippen molar-refractivity contribution in [2.75, 3.05) is 0 Å². The summed E-state index contributed by atoms with van der Waals surface area (Å²) in [7, 11) is 0. The Labute approximate surface area is 122 Å². The average molecular weight is 294 g/mol. The lowest BCUT2D eigenvalue weighted by Crippen LogP contribution is -2.44. The molecule has 0 saturated carbocycles. The van der Waals surface area contributed by atoms with Crippen LogP contribution in [0.5, 0.6) is 0 Å². The summed E-state index contributed by atoms with van der Waals surface area (Å²) in [6, 6.07) is 6.96. The molecule has 0 saturated heterocycles. The maximum atomic E-state index is 12.1. The van der Waals surface area contributed by atoms with E-state index in [9.17, 15) is 14.4 Å². The maximum Gasteiger partial charge on any atom is 0.444 e. The lowest BCUT2D eigenvalue weighted by molar-refractivity contribution is -0.181. The third-order valence-electron chi connectivity index (χ3n) is 2.35. The lowest BCUT2D eigenvalue weighted by atomic mass is 10.1. The lowest BCUT2D eigenvalue weighted by Gasteiger charge is -2.29. The minimum absolute atomic E-state index is 0.0306. The predicted octanol–water partition coefficient (Wildman–Crippen LogP) is 1.54. The molecule has 0 radical (unpaired) electrons. The van der Waals surface area contributed by atoms with Crippen molar-refractivity contribution in [3.8, 4) is 0 Å². The van der Waals surface area contributed by atoms with Crippen molar-refractivity contribution in [1.29, 1.82) is 0 Å². The van der Waals surface area contributed by atoms with Crippen LogP contribution in [-0.4, -0.2) is 29.1 Å². The van der Waals surface area contributed by atoms with Gasteiger partial charge in [0.1, 0.15) is 5.60 Å². The van der Waals surface area contributed by atoms with Crippen molar-refractivity contribution in [1.82, 2.24) is 5.06 Å². The van der Waals surface area contributed by atoms with E-state index >= 15 is 0 Å². The first-order chi connectivity index (χ1) is 9.76. The third kappa shape index (κ3) is 4.79. The fourth-order valence-electron chi connectivity index (χ4n) is 1.61. The minimum atomic E-state index is -1.27. The second-order valence-corrected chi connectivity index (χ2v) is 5.22. The summed E-state index contributed by atoms with van der Waals surface area (Å²) in [5.41, 5.74) is 4.90. The van der Waals surface area contributed by atoms with Crippen LogP contribution in [0.3, 0.4) is 0 Å². The molecule has 7 heteroatoms. The third-order valence-corrected chi connectivity index (χ3v) is 2.35. The number of benzene rings is 1. The van der Waals surface area contributed by atoms with Gasteiger partial charge in [0.25, 0.3) is 0 Å². The molecule has 1 aromatic rings. The molecule has 0 fully saturated rings. The Morgan fingerprint density at radius 1 is 1.24 bits per heavy atom. The average Bonchev–Trinajstić information content (AvgIpc) is 2.37. The van der Waals surface area contributed by atoms with E-state index in [1.54, 1.807) is 51.1 Å². The molecular formula is C14H18N2O5. The zero-order chi connectivity index (χ0) is 16.0. The zero-order valence-electron chi connectivity index (χ0n) is 12.1. The van der Waals surface area contributed by atoms with E-state index in [0.29, 0.717) is 10.6 Å². The smallest absolute Gasteiger partial charge is 0.442 e. The summed E-state index contributed by atoms with van der Waals surface area (Å²) in [5.74, 6) is -0.853. The molecule has 0 heterocycles. The van der Waals surface area contributed by atoms with E-state index in [2.05, 4.69) is 4.84 Å². The second-order valence-electron chi connectivity index (χ2n) is 5.22. The molecular weight excluding hydrogens is 276 g/mol. The van der Waals surface area contributed by atoms with Crippen LogP contribution in [0.4, 0.5) is 4.79 Å². The fourth-order valence-corrected chi connectivity index (χ4v) is 1.61. The zero-order valence-corrected chi connectivity index (χ0v) is 12.1. The van der Waals surface area contributed by atoms with Crippen LogP contribution in [0, 0.1) is 0 Å². The normalized spacial score (nSPS) is 12.1. The van der Waals surface area contributed by atoms with Gasteiger partial charge in [-0.3, -0.25) is 9.59 Å². The molecule has 0 aliphatic heterocycles. The van der Waals surface area contributed by atoms with Gasteiger partial charge in [-0.05, 0) is 26.3 Å². The Morgan fingerprint density at radius 3 is 2.24 bits per heavy atom. The van der Waals surface area contributed by atoms with Crippen molar-refractivity contribution < 1.29 is 24.0 Å². The van der Waals surface area contributed by atoms with E-state index in [1.807, 2.05) is 0 Å². The molecule has 0 unspecified atom stereocenters. The topological polar surface area (TPSA) is 98.9 Å². The summed E-state index contributed by atoms with van der Waals surface area (Å²) in [4.78, 5) is 39.0. The van der Waals surface area contributed by atoms with Crippen molar-refractivity contribution in [3.63, 3.8) is 0 Å². The molecule has 2 amide bonds. The van der Waals surface area contributed by atoms with Gasteiger partial charge >= 0.3 is 12.6 Å². The first kappa shape index (κ1) is 16.5. The number of ether oxygens (including phenoxy) is 1. The molecule has 1 atom stereocenters. The van der Waals surface area contributed by atoms with Crippen LogP contribution < -0.4 is 5.73 Å². The number of carbonyl (C=O) groups excluding carboxylic acids is 3. The van der Waals surface area contributed by atoms with Crippen LogP contribution in [-0.2, 0) is 19.2 Å². The van der Waals surface area contributed by atoms with Crippen molar-refractivity contribution in [3.05, 3.63) is 35.9 Å². The Hall–Kier alpha value is -2.57. The van der Waals surface area contributed by atoms with Crippen LogP contribution in [0.2, 0.25) is 0 Å². The fraction of sp³-hybridized carbons (Fsp3) is 0.357. The second kappa shape index (κ2) is 6.74. The van der Waals surface area contributed by atoms with Crippen molar-refractivity contribution in [2.24, 2.45) is 5.73 Å². The summed E-state index contributed by atoms with van der Waals surface area (Å²) in [6.45, 7) is 4.96. The van der Waals surface area contributed by atoms with E-state index < -0.39 is 23.6 Å². The largest absolute Gasteiger partial charge is 0.444 e. The number of hydroxylamine groups is 2. The van der Waals surface area contributed by atoms with Gasteiger partial charge in [0.2, 0.25) is 5.91 Å². The molecule has 7 nitrogen and oxygen atoms in total. The number of rotatable bonds is 5. The number of nitrogens with two attached hydrogens (primary N) is 1. The molecule has 0 spiro atoms. The Kier molecular flexibility index (Phi) is 5.29. The van der Waals surface area contributed by atoms with Crippen molar-refractivity contribution in [2.45, 2.75) is 32.4 Å². The highest BCUT2D eigenvalue weighted by Gasteiger charge is 2.35. The highest BCUT2D eigenvalue weighted by Crippen LogP contribution is 2.23. The summed E-state index contributed by atoms with van der Waals surface area (Å²) in [6.07, 6.45) is -0.984. The standard InChI is InChI=1S/C14H18N2O5/c1-14(2,3)21-13(19)16(20-9-17)11(12(15)18)10-7-5-4-6-8-10/h4-9,11H,1-3H3,(H2,15,18)/t11-/m1/s1. The van der Waals surface area contributed by atoms with Gasteiger partial charge in [0.15, 0.2) is 6.04 Å². The minimum Gasteiger partial charge on any atom is -0.442 e. The van der Waals surface area contributed by atoms with Gasteiger partial charge in [-0.2, -0.15) is 0 Å². The number of hydrogen-bond acceptors (Lipinski definition) is 5. The number of nitrogens with zero attached hydrogens (tertiary/aromatic N) is 1. The van der Waals surface area contributed by atoms with E-state index in [1.165, 1.54) is 0 Å². The van der Waals surface area contributed by atoms with Crippen LogP contribution in [0.1, 0.15) is 32.4 Å². The molecule has 114 valence electrons. The monoisotopic (exact) mass is 294 g/mol. The van der Waals surface area contributed by atoms with E-state index in [-0.39, 0.29) is 6.47 Å². The first-order valence-electron chi connectivity index (χ1n) is 6.23. The van der Waals surface area contributed by atoms with Crippen LogP contribution in [0.15, 0.2) is 30.3 Å². The number of amides is 2. The van der Waals surface area contributed by atoms with Gasteiger partial charge in [-0.1, -0.05) is 30.3 Å². The van der Waals surface area contributed by atoms with Crippen LogP contribution in [0.25, 0.3) is 0 Å². The van der Waals surface area contributed by atoms with Crippen LogP contribution >= 0.6 is 0 Å². The Morgan fingerprint density at radius 2 is 1.81 bits per heavy atom. The number of hydrogen-bond donors (Lipinski definition) is 1. The van der Waals surface area contributed by atoms with Gasteiger partial charge in [-0.15, -0.1) is 5.06 Å². The molecule has 0 aliphatic carbocycles. The highest BCUT2D eigenvalue weighted by molar-refractivity contribution is 5.85. The summed E-state index contributed by atoms with van der Waals surface area (Å²) < 4.78 is 5.10. The Balaban J connectivity index is 3.13. The molecule has 1 rings (SSSR count). The summed E-state index contributed by atoms with van der Waals surface area (Å²) >= 11 is 0.